The number of piperidine rings is 1. The van der Waals surface area contributed by atoms with E-state index in [-0.39, 0.29) is 5.91 Å². The number of H-pyrrole nitrogens is 1. The first-order chi connectivity index (χ1) is 9.15. The predicted octanol–water partition coefficient (Wildman–Crippen LogP) is 3.20. The summed E-state index contributed by atoms with van der Waals surface area (Å²) >= 11 is 3.42. The molecule has 1 atom stereocenters. The average molecular weight is 322 g/mol. The number of hydrogen-bond donors (Lipinski definition) is 1. The lowest BCUT2D eigenvalue weighted by Crippen LogP contribution is -2.39. The monoisotopic (exact) mass is 321 g/mol. The molecule has 0 unspecified atom stereocenters. The molecule has 3 rings (SSSR count). The zero-order valence-electron chi connectivity index (χ0n) is 10.8. The van der Waals surface area contributed by atoms with Crippen molar-refractivity contribution in [3.8, 4) is 0 Å². The molecule has 0 radical (unpaired) electrons. The van der Waals surface area contributed by atoms with Gasteiger partial charge in [0.15, 0.2) is 5.69 Å². The number of carbonyl (C=O) groups excluding carboxylic acids is 1. The maximum atomic E-state index is 12.5. The van der Waals surface area contributed by atoms with Crippen molar-refractivity contribution in [2.24, 2.45) is 5.92 Å². The van der Waals surface area contributed by atoms with Crippen LogP contribution in [0.1, 0.15) is 30.3 Å². The van der Waals surface area contributed by atoms with Gasteiger partial charge >= 0.3 is 0 Å². The molecule has 1 fully saturated rings. The van der Waals surface area contributed by atoms with E-state index in [1.165, 1.54) is 6.42 Å². The summed E-state index contributed by atoms with van der Waals surface area (Å²) in [6.45, 7) is 3.87. The van der Waals surface area contributed by atoms with Crippen LogP contribution in [0.15, 0.2) is 22.7 Å². The number of aromatic amines is 1. The first-order valence-corrected chi connectivity index (χ1v) is 7.37. The maximum Gasteiger partial charge on any atom is 0.275 e. The fraction of sp³-hybridized carbons (Fsp3) is 0.429. The predicted molar refractivity (Wildman–Crippen MR) is 78.1 cm³/mol. The Bertz CT molecular complexity index is 622. The molecule has 2 aromatic rings. The Balaban J connectivity index is 1.93. The summed E-state index contributed by atoms with van der Waals surface area (Å²) in [5.41, 5.74) is 1.43. The van der Waals surface area contributed by atoms with Crippen LogP contribution in [0, 0.1) is 5.92 Å². The number of amides is 1. The SMILES string of the molecule is C[C@H]1CCCN(C(=O)c2n[nH]c3cc(Br)ccc23)C1. The van der Waals surface area contributed by atoms with Crippen LogP contribution in [0.25, 0.3) is 10.9 Å². The normalized spacial score (nSPS) is 19.9. The summed E-state index contributed by atoms with van der Waals surface area (Å²) in [5.74, 6) is 0.622. The molecular weight excluding hydrogens is 306 g/mol. The molecule has 4 nitrogen and oxygen atoms in total. The van der Waals surface area contributed by atoms with Crippen molar-refractivity contribution < 1.29 is 4.79 Å². The maximum absolute atomic E-state index is 12.5. The van der Waals surface area contributed by atoms with Gasteiger partial charge in [0.05, 0.1) is 5.52 Å². The van der Waals surface area contributed by atoms with Crippen molar-refractivity contribution in [3.63, 3.8) is 0 Å². The van der Waals surface area contributed by atoms with Crippen molar-refractivity contribution in [2.45, 2.75) is 19.8 Å². The summed E-state index contributed by atoms with van der Waals surface area (Å²) < 4.78 is 0.981. The number of benzene rings is 1. The third-order valence-electron chi connectivity index (χ3n) is 3.67. The summed E-state index contributed by atoms with van der Waals surface area (Å²) in [7, 11) is 0. The number of carbonyl (C=O) groups is 1. The average Bonchev–Trinajstić information content (AvgIpc) is 2.80. The highest BCUT2D eigenvalue weighted by Gasteiger charge is 2.25. The molecule has 1 aliphatic heterocycles. The molecule has 19 heavy (non-hydrogen) atoms. The van der Waals surface area contributed by atoms with Crippen molar-refractivity contribution in [2.75, 3.05) is 13.1 Å². The molecular formula is C14H16BrN3O. The molecule has 100 valence electrons. The van der Waals surface area contributed by atoms with Crippen LogP contribution in [-0.2, 0) is 0 Å². The minimum absolute atomic E-state index is 0.0418. The summed E-state index contributed by atoms with van der Waals surface area (Å²) in [6.07, 6.45) is 2.29. The molecule has 0 spiro atoms. The topological polar surface area (TPSA) is 49.0 Å². The minimum atomic E-state index is 0.0418. The zero-order chi connectivity index (χ0) is 13.4. The molecule has 1 amide bonds. The van der Waals surface area contributed by atoms with Crippen LogP contribution in [-0.4, -0.2) is 34.1 Å². The second-order valence-corrected chi connectivity index (χ2v) is 6.18. The Morgan fingerprint density at radius 1 is 1.53 bits per heavy atom. The smallest absolute Gasteiger partial charge is 0.275 e. The highest BCUT2D eigenvalue weighted by Crippen LogP contribution is 2.23. The molecule has 0 bridgehead atoms. The molecule has 0 aliphatic carbocycles. The van der Waals surface area contributed by atoms with Crippen molar-refractivity contribution in [3.05, 3.63) is 28.4 Å². The van der Waals surface area contributed by atoms with Gasteiger partial charge in [-0.25, -0.2) is 0 Å². The van der Waals surface area contributed by atoms with E-state index < -0.39 is 0 Å². The van der Waals surface area contributed by atoms with Crippen LogP contribution in [0.3, 0.4) is 0 Å². The lowest BCUT2D eigenvalue weighted by Gasteiger charge is -2.30. The van der Waals surface area contributed by atoms with Gasteiger partial charge in [-0.1, -0.05) is 22.9 Å². The number of fused-ring (bicyclic) bond motifs is 1. The van der Waals surface area contributed by atoms with Gasteiger partial charge in [0.1, 0.15) is 0 Å². The molecule has 1 N–H and O–H groups in total. The van der Waals surface area contributed by atoms with Gasteiger partial charge in [-0.15, -0.1) is 0 Å². The Morgan fingerprint density at radius 3 is 3.16 bits per heavy atom. The molecule has 5 heteroatoms. The number of halogens is 1. The standard InChI is InChI=1S/C14H16BrN3O/c1-9-3-2-6-18(8-9)14(19)13-11-5-4-10(15)7-12(11)16-17-13/h4-5,7,9H,2-3,6,8H2,1H3,(H,16,17)/t9-/m0/s1. The second kappa shape index (κ2) is 4.96. The van der Waals surface area contributed by atoms with Gasteiger partial charge in [0, 0.05) is 22.9 Å². The van der Waals surface area contributed by atoms with E-state index in [0.717, 1.165) is 34.9 Å². The van der Waals surface area contributed by atoms with E-state index >= 15 is 0 Å². The highest BCUT2D eigenvalue weighted by atomic mass is 79.9. The van der Waals surface area contributed by atoms with E-state index in [2.05, 4.69) is 33.1 Å². The van der Waals surface area contributed by atoms with Crippen molar-refractivity contribution >= 4 is 32.7 Å². The number of nitrogens with zero attached hydrogens (tertiary/aromatic N) is 2. The fourth-order valence-electron chi connectivity index (χ4n) is 2.68. The molecule has 1 saturated heterocycles. The van der Waals surface area contributed by atoms with Crippen LogP contribution in [0.2, 0.25) is 0 Å². The Labute approximate surface area is 120 Å². The third kappa shape index (κ3) is 2.39. The van der Waals surface area contributed by atoms with E-state index in [0.29, 0.717) is 11.6 Å². The molecule has 1 aromatic heterocycles. The lowest BCUT2D eigenvalue weighted by molar-refractivity contribution is 0.0679. The highest BCUT2D eigenvalue weighted by molar-refractivity contribution is 9.10. The molecule has 1 aliphatic rings. The van der Waals surface area contributed by atoms with E-state index in [4.69, 9.17) is 0 Å². The number of likely N-dealkylation sites (tertiary alicyclic amines) is 1. The largest absolute Gasteiger partial charge is 0.337 e. The van der Waals surface area contributed by atoms with Gasteiger partial charge in [0.2, 0.25) is 0 Å². The second-order valence-electron chi connectivity index (χ2n) is 5.26. The number of rotatable bonds is 1. The minimum Gasteiger partial charge on any atom is -0.337 e. The van der Waals surface area contributed by atoms with Crippen LogP contribution < -0.4 is 0 Å². The molecule has 0 saturated carbocycles. The first-order valence-electron chi connectivity index (χ1n) is 6.58. The Morgan fingerprint density at radius 2 is 2.37 bits per heavy atom. The number of hydrogen-bond acceptors (Lipinski definition) is 2. The van der Waals surface area contributed by atoms with E-state index in [9.17, 15) is 4.79 Å². The van der Waals surface area contributed by atoms with Crippen molar-refractivity contribution in [1.82, 2.24) is 15.1 Å². The van der Waals surface area contributed by atoms with Crippen LogP contribution in [0.4, 0.5) is 0 Å². The van der Waals surface area contributed by atoms with Gasteiger partial charge in [-0.3, -0.25) is 9.89 Å². The molecule has 1 aromatic carbocycles. The number of nitrogens with one attached hydrogen (secondary N) is 1. The van der Waals surface area contributed by atoms with Gasteiger partial charge in [-0.2, -0.15) is 5.10 Å². The lowest BCUT2D eigenvalue weighted by atomic mass is 10.00. The van der Waals surface area contributed by atoms with Crippen LogP contribution >= 0.6 is 15.9 Å². The Kier molecular flexibility index (Phi) is 3.31. The zero-order valence-corrected chi connectivity index (χ0v) is 12.4. The third-order valence-corrected chi connectivity index (χ3v) is 4.16. The first kappa shape index (κ1) is 12.7. The fourth-order valence-corrected chi connectivity index (χ4v) is 3.04. The van der Waals surface area contributed by atoms with E-state index in [1.807, 2.05) is 23.1 Å². The Hall–Kier alpha value is -1.36. The van der Waals surface area contributed by atoms with Crippen LogP contribution in [0.5, 0.6) is 0 Å². The van der Waals surface area contributed by atoms with Gasteiger partial charge in [0.25, 0.3) is 5.91 Å². The summed E-state index contributed by atoms with van der Waals surface area (Å²) in [4.78, 5) is 14.5. The van der Waals surface area contributed by atoms with Gasteiger partial charge in [-0.05, 0) is 37.0 Å². The van der Waals surface area contributed by atoms with Gasteiger partial charge < -0.3 is 4.90 Å². The number of aromatic nitrogens is 2. The van der Waals surface area contributed by atoms with E-state index in [1.54, 1.807) is 0 Å². The summed E-state index contributed by atoms with van der Waals surface area (Å²) in [6, 6.07) is 5.81. The summed E-state index contributed by atoms with van der Waals surface area (Å²) in [5, 5.41) is 8.03. The quantitative estimate of drug-likeness (QED) is 0.876. The van der Waals surface area contributed by atoms with Crippen molar-refractivity contribution in [1.29, 1.82) is 0 Å². The molecule has 2 heterocycles.